The van der Waals surface area contributed by atoms with Crippen molar-refractivity contribution in [3.63, 3.8) is 0 Å². The van der Waals surface area contributed by atoms with E-state index in [0.717, 1.165) is 10.3 Å². The summed E-state index contributed by atoms with van der Waals surface area (Å²) >= 11 is 3.30. The number of aliphatic carboxylic acids is 1. The first-order valence-electron chi connectivity index (χ1n) is 9.26. The van der Waals surface area contributed by atoms with Gasteiger partial charge in [0.05, 0.1) is 5.69 Å². The van der Waals surface area contributed by atoms with Crippen LogP contribution in [0.1, 0.15) is 18.5 Å². The van der Waals surface area contributed by atoms with E-state index in [2.05, 4.69) is 21.2 Å². The van der Waals surface area contributed by atoms with Crippen molar-refractivity contribution in [3.8, 4) is 0 Å². The van der Waals surface area contributed by atoms with Crippen LogP contribution in [0, 0.1) is 0 Å². The molecule has 4 amide bonds. The number of anilines is 1. The van der Waals surface area contributed by atoms with E-state index < -0.39 is 29.9 Å². The zero-order chi connectivity index (χ0) is 22.3. The van der Waals surface area contributed by atoms with Crippen LogP contribution in [-0.4, -0.2) is 33.5 Å². The maximum Gasteiger partial charge on any atom is 0.335 e. The van der Waals surface area contributed by atoms with Gasteiger partial charge in [-0.25, -0.2) is 14.5 Å². The highest BCUT2D eigenvalue weighted by Gasteiger charge is 2.36. The molecule has 156 valence electrons. The van der Waals surface area contributed by atoms with Gasteiger partial charge in [0.25, 0.3) is 11.8 Å². The van der Waals surface area contributed by atoms with Crippen molar-refractivity contribution in [2.75, 3.05) is 4.90 Å². The van der Waals surface area contributed by atoms with E-state index in [9.17, 15) is 24.3 Å². The fourth-order valence-electron chi connectivity index (χ4n) is 3.40. The molecule has 2 heterocycles. The van der Waals surface area contributed by atoms with Crippen LogP contribution in [0.3, 0.4) is 0 Å². The average Bonchev–Trinajstić information content (AvgIpc) is 3.13. The lowest BCUT2D eigenvalue weighted by Crippen LogP contribution is -2.54. The van der Waals surface area contributed by atoms with Gasteiger partial charge >= 0.3 is 12.0 Å². The van der Waals surface area contributed by atoms with Gasteiger partial charge in [0.2, 0.25) is 0 Å². The van der Waals surface area contributed by atoms with Crippen molar-refractivity contribution in [3.05, 3.63) is 70.3 Å². The molecule has 4 rings (SSSR count). The Kier molecular flexibility index (Phi) is 5.20. The fourth-order valence-corrected chi connectivity index (χ4v) is 3.79. The minimum atomic E-state index is -0.953. The van der Waals surface area contributed by atoms with Gasteiger partial charge in [-0.2, -0.15) is 0 Å². The number of hydrogen-bond donors (Lipinski definition) is 2. The van der Waals surface area contributed by atoms with E-state index in [0.29, 0.717) is 21.2 Å². The maximum absolute atomic E-state index is 13.0. The number of halogens is 1. The Bertz CT molecular complexity index is 1290. The van der Waals surface area contributed by atoms with Crippen LogP contribution in [0.2, 0.25) is 0 Å². The molecule has 1 aliphatic heterocycles. The number of nitrogens with one attached hydrogen (secondary N) is 1. The number of nitrogens with zero attached hydrogens (tertiary/aromatic N) is 2. The van der Waals surface area contributed by atoms with Crippen LogP contribution in [0.25, 0.3) is 17.0 Å². The predicted octanol–water partition coefficient (Wildman–Crippen LogP) is 3.72. The molecule has 1 saturated heterocycles. The van der Waals surface area contributed by atoms with E-state index in [-0.39, 0.29) is 5.57 Å². The number of carboxylic acid groups (broad SMARTS) is 1. The molecule has 31 heavy (non-hydrogen) atoms. The van der Waals surface area contributed by atoms with Gasteiger partial charge < -0.3 is 9.67 Å². The molecule has 3 aromatic rings. The standard InChI is InChI=1S/C22H16BrN3O5/c1-12(21(29)30)25-8-7-14-9-13(5-6-18(14)25)10-17-19(27)24-22(31)26(20(17)28)16-4-2-3-15(23)11-16/h2-12H,1H3,(H,29,30)(H,24,27,31)/b17-10+/t12-/m1/s1. The summed E-state index contributed by atoms with van der Waals surface area (Å²) in [4.78, 5) is 49.9. The molecule has 2 N–H and O–H groups in total. The summed E-state index contributed by atoms with van der Waals surface area (Å²) in [5.74, 6) is -2.46. The lowest BCUT2D eigenvalue weighted by atomic mass is 10.1. The van der Waals surface area contributed by atoms with Gasteiger partial charge in [0, 0.05) is 21.6 Å². The second-order valence-corrected chi connectivity index (χ2v) is 7.91. The Morgan fingerprint density at radius 1 is 1.13 bits per heavy atom. The Morgan fingerprint density at radius 2 is 1.90 bits per heavy atom. The van der Waals surface area contributed by atoms with E-state index in [1.807, 2.05) is 0 Å². The van der Waals surface area contributed by atoms with Crippen LogP contribution in [0.4, 0.5) is 10.5 Å². The first kappa shape index (κ1) is 20.5. The normalized spacial score (nSPS) is 16.6. The molecule has 1 atom stereocenters. The number of barbiturate groups is 1. The summed E-state index contributed by atoms with van der Waals surface area (Å²) in [6.45, 7) is 1.58. The van der Waals surface area contributed by atoms with Gasteiger partial charge in [-0.05, 0) is 55.0 Å². The second kappa shape index (κ2) is 7.84. The minimum absolute atomic E-state index is 0.183. The van der Waals surface area contributed by atoms with Crippen molar-refractivity contribution < 1.29 is 24.3 Å². The molecular formula is C22H16BrN3O5. The number of rotatable bonds is 4. The number of fused-ring (bicyclic) bond motifs is 1. The van der Waals surface area contributed by atoms with Crippen molar-refractivity contribution >= 4 is 62.4 Å². The number of imide groups is 2. The molecule has 0 spiro atoms. The smallest absolute Gasteiger partial charge is 0.335 e. The first-order valence-corrected chi connectivity index (χ1v) is 10.1. The van der Waals surface area contributed by atoms with Gasteiger partial charge in [0.1, 0.15) is 11.6 Å². The number of hydrogen-bond acceptors (Lipinski definition) is 4. The van der Waals surface area contributed by atoms with E-state index in [4.69, 9.17) is 0 Å². The summed E-state index contributed by atoms with van der Waals surface area (Å²) in [5, 5.41) is 12.2. The van der Waals surface area contributed by atoms with Crippen LogP contribution < -0.4 is 10.2 Å². The molecule has 0 bridgehead atoms. The van der Waals surface area contributed by atoms with Gasteiger partial charge in [0.15, 0.2) is 0 Å². The lowest BCUT2D eigenvalue weighted by Gasteiger charge is -2.26. The third-order valence-electron chi connectivity index (χ3n) is 5.00. The number of aromatic nitrogens is 1. The zero-order valence-electron chi connectivity index (χ0n) is 16.2. The molecule has 0 saturated carbocycles. The minimum Gasteiger partial charge on any atom is -0.480 e. The summed E-state index contributed by atoms with van der Waals surface area (Å²) in [6, 6.07) is 12.0. The van der Waals surface area contributed by atoms with Crippen LogP contribution >= 0.6 is 15.9 Å². The number of benzene rings is 2. The summed E-state index contributed by atoms with van der Waals surface area (Å²) in [6.07, 6.45) is 3.08. The highest BCUT2D eigenvalue weighted by Crippen LogP contribution is 2.26. The van der Waals surface area contributed by atoms with Crippen molar-refractivity contribution in [1.82, 2.24) is 9.88 Å². The Balaban J connectivity index is 1.72. The number of amides is 4. The average molecular weight is 482 g/mol. The monoisotopic (exact) mass is 481 g/mol. The van der Waals surface area contributed by atoms with Crippen LogP contribution in [-0.2, 0) is 14.4 Å². The molecule has 1 aliphatic rings. The largest absolute Gasteiger partial charge is 0.480 e. The molecule has 9 heteroatoms. The Morgan fingerprint density at radius 3 is 2.61 bits per heavy atom. The van der Waals surface area contributed by atoms with Crippen LogP contribution in [0.5, 0.6) is 0 Å². The third-order valence-corrected chi connectivity index (χ3v) is 5.49. The molecular weight excluding hydrogens is 466 g/mol. The number of carbonyl (C=O) groups excluding carboxylic acids is 3. The highest BCUT2D eigenvalue weighted by molar-refractivity contribution is 9.10. The van der Waals surface area contributed by atoms with Gasteiger partial charge in [-0.1, -0.05) is 28.1 Å². The molecule has 1 fully saturated rings. The van der Waals surface area contributed by atoms with Gasteiger partial charge in [-0.3, -0.25) is 14.9 Å². The van der Waals surface area contributed by atoms with Crippen molar-refractivity contribution in [2.45, 2.75) is 13.0 Å². The number of urea groups is 1. The molecule has 8 nitrogen and oxygen atoms in total. The Labute approximate surface area is 184 Å². The SMILES string of the molecule is C[C@H](C(=O)O)n1ccc2cc(/C=C3\C(=O)NC(=O)N(c4cccc(Br)c4)C3=O)ccc21. The second-order valence-electron chi connectivity index (χ2n) is 6.99. The summed E-state index contributed by atoms with van der Waals surface area (Å²) in [7, 11) is 0. The topological polar surface area (TPSA) is 109 Å². The quantitative estimate of drug-likeness (QED) is 0.436. The van der Waals surface area contributed by atoms with Crippen molar-refractivity contribution in [2.24, 2.45) is 0 Å². The molecule has 0 unspecified atom stereocenters. The van der Waals surface area contributed by atoms with E-state index >= 15 is 0 Å². The Hall–Kier alpha value is -3.72. The maximum atomic E-state index is 13.0. The lowest BCUT2D eigenvalue weighted by molar-refractivity contribution is -0.140. The van der Waals surface area contributed by atoms with Crippen LogP contribution in [0.15, 0.2) is 64.8 Å². The fraction of sp³-hybridized carbons (Fsp3) is 0.0909. The zero-order valence-corrected chi connectivity index (χ0v) is 17.8. The summed E-state index contributed by atoms with van der Waals surface area (Å²) < 4.78 is 2.30. The van der Waals surface area contributed by atoms with Crippen molar-refractivity contribution in [1.29, 1.82) is 0 Å². The van der Waals surface area contributed by atoms with Gasteiger partial charge in [-0.15, -0.1) is 0 Å². The number of carbonyl (C=O) groups is 4. The molecule has 2 aromatic carbocycles. The summed E-state index contributed by atoms with van der Waals surface area (Å²) in [5.41, 5.74) is 1.42. The first-order chi connectivity index (χ1) is 14.8. The molecule has 0 radical (unpaired) electrons. The third kappa shape index (κ3) is 3.75. The molecule has 0 aliphatic carbocycles. The number of carboxylic acids is 1. The van der Waals surface area contributed by atoms with E-state index in [1.165, 1.54) is 6.08 Å². The van der Waals surface area contributed by atoms with E-state index in [1.54, 1.807) is 66.2 Å². The predicted molar refractivity (Wildman–Crippen MR) is 117 cm³/mol. The highest BCUT2D eigenvalue weighted by atomic mass is 79.9. The molecule has 1 aromatic heterocycles.